The first-order valence-electron chi connectivity index (χ1n) is 10.7. The fourth-order valence-electron chi connectivity index (χ4n) is 4.00. The van der Waals surface area contributed by atoms with Crippen LogP contribution in [0.5, 0.6) is 5.88 Å². The molecule has 1 unspecified atom stereocenters. The molecule has 1 aliphatic carbocycles. The van der Waals surface area contributed by atoms with Crippen LogP contribution < -0.4 is 4.74 Å². The molecule has 0 aliphatic heterocycles. The van der Waals surface area contributed by atoms with Crippen LogP contribution in [0.25, 0.3) is 0 Å². The topological polar surface area (TPSA) is 103 Å². The van der Waals surface area contributed by atoms with Gasteiger partial charge in [-0.15, -0.1) is 0 Å². The number of carboxylic acid groups (broad SMARTS) is 1. The van der Waals surface area contributed by atoms with E-state index in [1.165, 1.54) is 43.6 Å². The molecule has 3 aromatic heterocycles. The molecule has 1 atom stereocenters. The summed E-state index contributed by atoms with van der Waals surface area (Å²) in [5.41, 5.74) is 5.27. The summed E-state index contributed by atoms with van der Waals surface area (Å²) >= 11 is 0. The van der Waals surface area contributed by atoms with Gasteiger partial charge in [-0.3, -0.25) is 19.4 Å². The highest BCUT2D eigenvalue weighted by Crippen LogP contribution is 2.22. The van der Waals surface area contributed by atoms with Crippen molar-refractivity contribution in [1.29, 1.82) is 0 Å². The van der Waals surface area contributed by atoms with Crippen molar-refractivity contribution in [3.05, 3.63) is 65.1 Å². The van der Waals surface area contributed by atoms with Crippen LogP contribution in [0.1, 0.15) is 60.1 Å². The van der Waals surface area contributed by atoms with E-state index in [1.54, 1.807) is 4.68 Å². The number of fused-ring (bicyclic) bond motifs is 1. The lowest BCUT2D eigenvalue weighted by atomic mass is 9.95. The third-order valence-corrected chi connectivity index (χ3v) is 5.65. The Morgan fingerprint density at radius 2 is 1.97 bits per heavy atom. The van der Waals surface area contributed by atoms with E-state index in [0.29, 0.717) is 11.6 Å². The van der Waals surface area contributed by atoms with Gasteiger partial charge >= 0.3 is 5.97 Å². The normalized spacial score (nSPS) is 14.1. The summed E-state index contributed by atoms with van der Waals surface area (Å²) in [6, 6.07) is 5.80. The van der Waals surface area contributed by atoms with E-state index in [1.807, 2.05) is 12.3 Å². The Labute approximate surface area is 181 Å². The summed E-state index contributed by atoms with van der Waals surface area (Å²) in [6.45, 7) is 0. The van der Waals surface area contributed by atoms with Gasteiger partial charge < -0.3 is 9.84 Å². The molecule has 3 heterocycles. The van der Waals surface area contributed by atoms with Crippen molar-refractivity contribution in [2.75, 3.05) is 7.11 Å². The Morgan fingerprint density at radius 3 is 2.74 bits per heavy atom. The predicted octanol–water partition coefficient (Wildman–Crippen LogP) is 3.19. The molecule has 4 rings (SSSR count). The summed E-state index contributed by atoms with van der Waals surface area (Å²) in [4.78, 5) is 24.7. The highest BCUT2D eigenvalue weighted by atomic mass is 16.5. The molecule has 0 fully saturated rings. The Kier molecular flexibility index (Phi) is 6.54. The molecule has 1 N–H and O–H groups in total. The molecule has 0 aromatic carbocycles. The molecule has 3 aromatic rings. The smallest absolute Gasteiger partial charge is 0.305 e. The molecular formula is C23H27N5O3. The van der Waals surface area contributed by atoms with Gasteiger partial charge in [0.2, 0.25) is 5.88 Å². The van der Waals surface area contributed by atoms with E-state index in [4.69, 9.17) is 9.72 Å². The number of aliphatic carboxylic acids is 1. The monoisotopic (exact) mass is 421 g/mol. The van der Waals surface area contributed by atoms with E-state index in [-0.39, 0.29) is 6.42 Å². The van der Waals surface area contributed by atoms with E-state index in [2.05, 4.69) is 27.2 Å². The lowest BCUT2D eigenvalue weighted by Crippen LogP contribution is -2.17. The Bertz CT molecular complexity index is 1030. The van der Waals surface area contributed by atoms with Crippen LogP contribution in [0, 0.1) is 0 Å². The minimum Gasteiger partial charge on any atom is -0.481 e. The van der Waals surface area contributed by atoms with Gasteiger partial charge in [-0.25, -0.2) is 4.98 Å². The standard InChI is InChI=1S/C23H27N5O3/c1-31-22-15-24-20(14-25-22)21(13-23(29)30)28-12-11-18(27-28)7-4-6-17-10-9-16-5-2-3-8-19(16)26-17/h9-12,14-15,21H,2-8,13H2,1H3,(H,29,30). The number of methoxy groups -OCH3 is 1. The van der Waals surface area contributed by atoms with E-state index in [9.17, 15) is 9.90 Å². The van der Waals surface area contributed by atoms with Crippen LogP contribution in [0.15, 0.2) is 36.8 Å². The first-order valence-corrected chi connectivity index (χ1v) is 10.7. The van der Waals surface area contributed by atoms with Crippen LogP contribution >= 0.6 is 0 Å². The second-order valence-electron chi connectivity index (χ2n) is 7.85. The van der Waals surface area contributed by atoms with Gasteiger partial charge in [-0.2, -0.15) is 5.10 Å². The van der Waals surface area contributed by atoms with Crippen LogP contribution in [0.3, 0.4) is 0 Å². The van der Waals surface area contributed by atoms with Gasteiger partial charge in [0.05, 0.1) is 37.3 Å². The fraction of sp³-hybridized carbons (Fsp3) is 0.435. The maximum Gasteiger partial charge on any atom is 0.305 e. The third-order valence-electron chi connectivity index (χ3n) is 5.65. The average molecular weight is 422 g/mol. The van der Waals surface area contributed by atoms with Crippen molar-refractivity contribution < 1.29 is 14.6 Å². The number of rotatable bonds is 9. The van der Waals surface area contributed by atoms with Gasteiger partial charge in [0, 0.05) is 17.6 Å². The Balaban J connectivity index is 1.40. The zero-order valence-corrected chi connectivity index (χ0v) is 17.7. The highest BCUT2D eigenvalue weighted by molar-refractivity contribution is 5.67. The molecule has 0 amide bonds. The highest BCUT2D eigenvalue weighted by Gasteiger charge is 2.21. The van der Waals surface area contributed by atoms with Gasteiger partial charge in [0.25, 0.3) is 0 Å². The summed E-state index contributed by atoms with van der Waals surface area (Å²) in [6.07, 6.45) is 12.1. The van der Waals surface area contributed by atoms with Crippen molar-refractivity contribution in [2.24, 2.45) is 0 Å². The van der Waals surface area contributed by atoms with Gasteiger partial charge in [-0.1, -0.05) is 6.07 Å². The van der Waals surface area contributed by atoms with Crippen LogP contribution in [0.2, 0.25) is 0 Å². The minimum absolute atomic E-state index is 0.124. The maximum absolute atomic E-state index is 11.4. The molecular weight excluding hydrogens is 394 g/mol. The average Bonchev–Trinajstić information content (AvgIpc) is 3.26. The van der Waals surface area contributed by atoms with Crippen molar-refractivity contribution in [1.82, 2.24) is 24.7 Å². The number of aryl methyl sites for hydroxylation is 4. The predicted molar refractivity (Wildman–Crippen MR) is 114 cm³/mol. The van der Waals surface area contributed by atoms with Crippen molar-refractivity contribution in [2.45, 2.75) is 57.4 Å². The minimum atomic E-state index is -0.918. The van der Waals surface area contributed by atoms with Crippen molar-refractivity contribution in [3.63, 3.8) is 0 Å². The number of hydrogen-bond donors (Lipinski definition) is 1. The second-order valence-corrected chi connectivity index (χ2v) is 7.85. The number of carboxylic acids is 1. The first-order chi connectivity index (χ1) is 15.1. The maximum atomic E-state index is 11.4. The molecule has 8 nitrogen and oxygen atoms in total. The zero-order valence-electron chi connectivity index (χ0n) is 17.7. The Morgan fingerprint density at radius 1 is 1.13 bits per heavy atom. The quantitative estimate of drug-likeness (QED) is 0.566. The molecule has 31 heavy (non-hydrogen) atoms. The summed E-state index contributed by atoms with van der Waals surface area (Å²) < 4.78 is 6.70. The fourth-order valence-corrected chi connectivity index (χ4v) is 4.00. The first kappa shape index (κ1) is 21.0. The molecule has 0 saturated heterocycles. The Hall–Kier alpha value is -3.29. The van der Waals surface area contributed by atoms with E-state index in [0.717, 1.165) is 43.5 Å². The lowest BCUT2D eigenvalue weighted by Gasteiger charge is -2.15. The number of aromatic nitrogens is 5. The molecule has 162 valence electrons. The SMILES string of the molecule is COc1cnc(C(CC(=O)O)n2ccc(CCCc3ccc4c(n3)CCCC4)n2)cn1. The molecule has 0 spiro atoms. The number of carbonyl (C=O) groups is 1. The summed E-state index contributed by atoms with van der Waals surface area (Å²) in [5.74, 6) is -0.534. The lowest BCUT2D eigenvalue weighted by molar-refractivity contribution is -0.137. The summed E-state index contributed by atoms with van der Waals surface area (Å²) in [5, 5.41) is 14.0. The van der Waals surface area contributed by atoms with Crippen LogP contribution in [-0.2, 0) is 30.5 Å². The van der Waals surface area contributed by atoms with E-state index < -0.39 is 12.0 Å². The molecule has 0 radical (unpaired) electrons. The number of nitrogens with zero attached hydrogens (tertiary/aromatic N) is 5. The van der Waals surface area contributed by atoms with Gasteiger partial charge in [0.1, 0.15) is 6.04 Å². The van der Waals surface area contributed by atoms with Crippen LogP contribution in [-0.4, -0.2) is 42.9 Å². The molecule has 1 aliphatic rings. The third kappa shape index (κ3) is 5.25. The van der Waals surface area contributed by atoms with Crippen LogP contribution in [0.4, 0.5) is 0 Å². The van der Waals surface area contributed by atoms with Gasteiger partial charge in [0.15, 0.2) is 0 Å². The number of hydrogen-bond acceptors (Lipinski definition) is 6. The number of ether oxygens (including phenoxy) is 1. The van der Waals surface area contributed by atoms with Crippen molar-refractivity contribution in [3.8, 4) is 5.88 Å². The second kappa shape index (κ2) is 9.68. The summed E-state index contributed by atoms with van der Waals surface area (Å²) in [7, 11) is 1.51. The van der Waals surface area contributed by atoms with E-state index >= 15 is 0 Å². The largest absolute Gasteiger partial charge is 0.481 e. The zero-order chi connectivity index (χ0) is 21.6. The number of pyridine rings is 1. The van der Waals surface area contributed by atoms with Crippen molar-refractivity contribution >= 4 is 5.97 Å². The van der Waals surface area contributed by atoms with Gasteiger partial charge in [-0.05, 0) is 62.6 Å². The molecule has 0 bridgehead atoms. The molecule has 0 saturated carbocycles. The molecule has 8 heteroatoms.